The Bertz CT molecular complexity index is 246. The molecule has 1 aliphatic rings. The standard InChI is InChI=1S/C10H20N4O/c1-7(2)8(9(11)12)13-10(15)14-5-3-4-6-14/h7-8H,3-6H2,1-2H3,(H3,11,12)(H,13,15). The second kappa shape index (κ2) is 5.00. The lowest BCUT2D eigenvalue weighted by Crippen LogP contribution is -2.51. The number of rotatable bonds is 3. The zero-order valence-corrected chi connectivity index (χ0v) is 9.42. The highest BCUT2D eigenvalue weighted by Gasteiger charge is 2.23. The van der Waals surface area contributed by atoms with Gasteiger partial charge < -0.3 is 16.0 Å². The highest BCUT2D eigenvalue weighted by molar-refractivity contribution is 5.88. The number of nitrogens with zero attached hydrogens (tertiary/aromatic N) is 1. The number of amidine groups is 1. The number of hydrogen-bond acceptors (Lipinski definition) is 2. The van der Waals surface area contributed by atoms with Crippen molar-refractivity contribution in [3.63, 3.8) is 0 Å². The van der Waals surface area contributed by atoms with Crippen molar-refractivity contribution < 1.29 is 4.79 Å². The molecule has 0 aliphatic carbocycles. The Balaban J connectivity index is 2.50. The molecule has 5 heteroatoms. The fourth-order valence-corrected chi connectivity index (χ4v) is 1.75. The maximum absolute atomic E-state index is 11.7. The molecule has 0 radical (unpaired) electrons. The quantitative estimate of drug-likeness (QED) is 0.476. The maximum atomic E-state index is 11.7. The molecule has 15 heavy (non-hydrogen) atoms. The zero-order chi connectivity index (χ0) is 11.4. The second-order valence-electron chi connectivity index (χ2n) is 4.32. The van der Waals surface area contributed by atoms with E-state index >= 15 is 0 Å². The maximum Gasteiger partial charge on any atom is 0.317 e. The summed E-state index contributed by atoms with van der Waals surface area (Å²) in [6.45, 7) is 5.51. The predicted molar refractivity (Wildman–Crippen MR) is 59.9 cm³/mol. The van der Waals surface area contributed by atoms with Crippen LogP contribution >= 0.6 is 0 Å². The van der Waals surface area contributed by atoms with Crippen molar-refractivity contribution >= 4 is 11.9 Å². The number of likely N-dealkylation sites (tertiary alicyclic amines) is 1. The summed E-state index contributed by atoms with van der Waals surface area (Å²) < 4.78 is 0. The van der Waals surface area contributed by atoms with Crippen LogP contribution in [0.25, 0.3) is 0 Å². The Morgan fingerprint density at radius 1 is 1.40 bits per heavy atom. The van der Waals surface area contributed by atoms with Crippen molar-refractivity contribution in [1.29, 1.82) is 5.41 Å². The van der Waals surface area contributed by atoms with Crippen LogP contribution in [0.15, 0.2) is 0 Å². The van der Waals surface area contributed by atoms with Crippen molar-refractivity contribution in [2.24, 2.45) is 11.7 Å². The van der Waals surface area contributed by atoms with E-state index in [1.54, 1.807) is 4.90 Å². The van der Waals surface area contributed by atoms with Gasteiger partial charge in [0.2, 0.25) is 0 Å². The molecule has 1 saturated heterocycles. The molecular weight excluding hydrogens is 192 g/mol. The van der Waals surface area contributed by atoms with Crippen LogP contribution in [0.3, 0.4) is 0 Å². The first-order valence-corrected chi connectivity index (χ1v) is 5.41. The molecule has 0 aromatic rings. The third-order valence-corrected chi connectivity index (χ3v) is 2.67. The summed E-state index contributed by atoms with van der Waals surface area (Å²) >= 11 is 0. The van der Waals surface area contributed by atoms with E-state index in [-0.39, 0.29) is 23.8 Å². The van der Waals surface area contributed by atoms with E-state index in [9.17, 15) is 4.79 Å². The Labute approximate surface area is 90.5 Å². The Morgan fingerprint density at radius 3 is 2.33 bits per heavy atom. The van der Waals surface area contributed by atoms with Crippen molar-refractivity contribution in [3.8, 4) is 0 Å². The summed E-state index contributed by atoms with van der Waals surface area (Å²) in [6, 6.07) is -0.445. The van der Waals surface area contributed by atoms with Gasteiger partial charge in [0, 0.05) is 13.1 Å². The van der Waals surface area contributed by atoms with Crippen molar-refractivity contribution in [2.45, 2.75) is 32.7 Å². The van der Waals surface area contributed by atoms with E-state index < -0.39 is 0 Å². The van der Waals surface area contributed by atoms with Crippen LogP contribution in [0.5, 0.6) is 0 Å². The highest BCUT2D eigenvalue weighted by atomic mass is 16.2. The summed E-state index contributed by atoms with van der Waals surface area (Å²) in [5, 5.41) is 10.2. The van der Waals surface area contributed by atoms with Crippen LogP contribution < -0.4 is 11.1 Å². The molecule has 0 bridgehead atoms. The fourth-order valence-electron chi connectivity index (χ4n) is 1.75. The third-order valence-electron chi connectivity index (χ3n) is 2.67. The van der Waals surface area contributed by atoms with Crippen LogP contribution in [0.1, 0.15) is 26.7 Å². The summed E-state index contributed by atoms with van der Waals surface area (Å²) in [6.07, 6.45) is 2.14. The van der Waals surface area contributed by atoms with Crippen LogP contribution in [0.2, 0.25) is 0 Å². The molecule has 1 aliphatic heterocycles. The Kier molecular flexibility index (Phi) is 3.94. The number of nitrogens with one attached hydrogen (secondary N) is 2. The molecule has 0 aromatic heterocycles. The monoisotopic (exact) mass is 212 g/mol. The average molecular weight is 212 g/mol. The number of urea groups is 1. The number of carbonyl (C=O) groups excluding carboxylic acids is 1. The van der Waals surface area contributed by atoms with Crippen molar-refractivity contribution in [1.82, 2.24) is 10.2 Å². The highest BCUT2D eigenvalue weighted by Crippen LogP contribution is 2.08. The number of nitrogens with two attached hydrogens (primary N) is 1. The number of hydrogen-bond donors (Lipinski definition) is 3. The van der Waals surface area contributed by atoms with Crippen LogP contribution in [0, 0.1) is 11.3 Å². The van der Waals surface area contributed by atoms with Gasteiger partial charge in [0.25, 0.3) is 0 Å². The number of amides is 2. The van der Waals surface area contributed by atoms with E-state index in [1.807, 2.05) is 13.8 Å². The Hall–Kier alpha value is -1.26. The molecule has 0 saturated carbocycles. The van der Waals surface area contributed by atoms with Gasteiger partial charge in [-0.25, -0.2) is 4.79 Å². The molecule has 4 N–H and O–H groups in total. The molecule has 5 nitrogen and oxygen atoms in total. The lowest BCUT2D eigenvalue weighted by molar-refractivity contribution is 0.205. The molecule has 1 fully saturated rings. The Morgan fingerprint density at radius 2 is 1.93 bits per heavy atom. The van der Waals surface area contributed by atoms with Gasteiger partial charge in [0.15, 0.2) is 0 Å². The molecular formula is C10H20N4O. The van der Waals surface area contributed by atoms with E-state index in [4.69, 9.17) is 11.1 Å². The normalized spacial score (nSPS) is 17.9. The molecule has 1 heterocycles. The van der Waals surface area contributed by atoms with Crippen molar-refractivity contribution in [2.75, 3.05) is 13.1 Å². The van der Waals surface area contributed by atoms with Crippen LogP contribution in [-0.2, 0) is 0 Å². The predicted octanol–water partition coefficient (Wildman–Crippen LogP) is 0.752. The van der Waals surface area contributed by atoms with Crippen LogP contribution in [0.4, 0.5) is 4.79 Å². The minimum atomic E-state index is -0.349. The van der Waals surface area contributed by atoms with E-state index in [0.717, 1.165) is 25.9 Å². The van der Waals surface area contributed by atoms with Gasteiger partial charge in [-0.3, -0.25) is 5.41 Å². The fraction of sp³-hybridized carbons (Fsp3) is 0.800. The van der Waals surface area contributed by atoms with Gasteiger partial charge in [-0.15, -0.1) is 0 Å². The summed E-state index contributed by atoms with van der Waals surface area (Å²) in [5.41, 5.74) is 5.43. The smallest absolute Gasteiger partial charge is 0.317 e. The summed E-state index contributed by atoms with van der Waals surface area (Å²) in [5.74, 6) is 0.173. The molecule has 0 aromatic carbocycles. The van der Waals surface area contributed by atoms with Crippen molar-refractivity contribution in [3.05, 3.63) is 0 Å². The first-order chi connectivity index (χ1) is 7.02. The minimum absolute atomic E-state index is 0.0255. The zero-order valence-electron chi connectivity index (χ0n) is 9.42. The lowest BCUT2D eigenvalue weighted by Gasteiger charge is -2.24. The van der Waals surface area contributed by atoms with Gasteiger partial charge in [-0.1, -0.05) is 13.8 Å². The lowest BCUT2D eigenvalue weighted by atomic mass is 10.0. The first kappa shape index (κ1) is 11.8. The van der Waals surface area contributed by atoms with Gasteiger partial charge in [0.05, 0.1) is 6.04 Å². The van der Waals surface area contributed by atoms with Crippen LogP contribution in [-0.4, -0.2) is 35.9 Å². The molecule has 86 valence electrons. The van der Waals surface area contributed by atoms with E-state index in [0.29, 0.717) is 0 Å². The molecule has 0 spiro atoms. The molecule has 1 rings (SSSR count). The van der Waals surface area contributed by atoms with Gasteiger partial charge in [-0.05, 0) is 18.8 Å². The van der Waals surface area contributed by atoms with Gasteiger partial charge in [-0.2, -0.15) is 0 Å². The van der Waals surface area contributed by atoms with E-state index in [2.05, 4.69) is 5.32 Å². The minimum Gasteiger partial charge on any atom is -0.386 e. The second-order valence-corrected chi connectivity index (χ2v) is 4.32. The van der Waals surface area contributed by atoms with Gasteiger partial charge >= 0.3 is 6.03 Å². The molecule has 1 unspecified atom stereocenters. The molecule has 1 atom stereocenters. The largest absolute Gasteiger partial charge is 0.386 e. The third kappa shape index (κ3) is 3.11. The van der Waals surface area contributed by atoms with E-state index in [1.165, 1.54) is 0 Å². The topological polar surface area (TPSA) is 82.2 Å². The van der Waals surface area contributed by atoms with Gasteiger partial charge in [0.1, 0.15) is 5.84 Å². The summed E-state index contributed by atoms with van der Waals surface area (Å²) in [4.78, 5) is 13.5. The average Bonchev–Trinajstić information content (AvgIpc) is 2.65. The first-order valence-electron chi connectivity index (χ1n) is 5.41. The molecule has 2 amide bonds. The summed E-state index contributed by atoms with van der Waals surface area (Å²) in [7, 11) is 0. The SMILES string of the molecule is CC(C)C(NC(=O)N1CCCC1)C(=N)N. The number of carbonyl (C=O) groups is 1.